The normalized spacial score (nSPS) is 25.6. The Balaban J connectivity index is 1.47. The number of anilines is 1. The third-order valence-corrected chi connectivity index (χ3v) is 9.90. The van der Waals surface area contributed by atoms with E-state index < -0.39 is 50.2 Å². The Morgan fingerprint density at radius 3 is 2.41 bits per heavy atom. The summed E-state index contributed by atoms with van der Waals surface area (Å²) in [6, 6.07) is 6.59. The molecule has 3 fully saturated rings. The molecule has 5 rings (SSSR count). The summed E-state index contributed by atoms with van der Waals surface area (Å²) in [5.41, 5.74) is -1.27. The second kappa shape index (κ2) is 10.3. The highest BCUT2D eigenvalue weighted by Crippen LogP contribution is 2.55. The minimum Gasteiger partial charge on any atom is -0.393 e. The molecule has 4 N–H and O–H groups in total. The van der Waals surface area contributed by atoms with Crippen LogP contribution in [0.2, 0.25) is 5.02 Å². The summed E-state index contributed by atoms with van der Waals surface area (Å²) in [6.07, 6.45) is 0.0246. The zero-order valence-corrected chi connectivity index (χ0v) is 21.5. The lowest BCUT2D eigenvalue weighted by atomic mass is 9.53. The maximum atomic E-state index is 13.5. The van der Waals surface area contributed by atoms with Crippen LogP contribution in [0.4, 0.5) is 14.5 Å². The molecule has 0 aliphatic heterocycles. The number of aliphatic hydroxyl groups excluding tert-OH is 1. The number of hydrogen-bond donors (Lipinski definition) is 4. The van der Waals surface area contributed by atoms with Gasteiger partial charge in [-0.3, -0.25) is 9.59 Å². The van der Waals surface area contributed by atoms with Gasteiger partial charge in [0.2, 0.25) is 5.91 Å². The number of sulfone groups is 1. The molecule has 2 aromatic carbocycles. The van der Waals surface area contributed by atoms with Gasteiger partial charge >= 0.3 is 0 Å². The quantitative estimate of drug-likeness (QED) is 0.395. The van der Waals surface area contributed by atoms with Gasteiger partial charge in [0.1, 0.15) is 0 Å². The van der Waals surface area contributed by atoms with Crippen molar-refractivity contribution in [2.45, 2.75) is 54.5 Å². The van der Waals surface area contributed by atoms with Gasteiger partial charge in [0.25, 0.3) is 5.91 Å². The highest BCUT2D eigenvalue weighted by atomic mass is 35.5. The first kappa shape index (κ1) is 27.4. The Morgan fingerprint density at radius 2 is 1.78 bits per heavy atom. The first-order chi connectivity index (χ1) is 17.3. The molecule has 3 atom stereocenters. The molecule has 0 heterocycles. The summed E-state index contributed by atoms with van der Waals surface area (Å²) in [5.74, 6) is -4.04. The molecule has 0 spiro atoms. The minimum atomic E-state index is -3.99. The summed E-state index contributed by atoms with van der Waals surface area (Å²) < 4.78 is 53.6. The fraction of sp³-hybridized carbons (Fsp3) is 0.440. The lowest BCUT2D eigenvalue weighted by molar-refractivity contribution is -0.174. The number of hydrogen-bond acceptors (Lipinski definition) is 6. The molecule has 0 aromatic heterocycles. The number of amides is 2. The van der Waals surface area contributed by atoms with Gasteiger partial charge in [0, 0.05) is 23.9 Å². The van der Waals surface area contributed by atoms with Crippen LogP contribution >= 0.6 is 11.6 Å². The Kier molecular flexibility index (Phi) is 7.62. The largest absolute Gasteiger partial charge is 0.393 e. The standard InChI is InChI=1S/C25H27ClF2N2O6S/c1-13(31)6-23(32)29-12-25(34)15-8-16(25)10-18(9-15)37(35,36)22-7-14(2-4-19(22)26)24(33)30-17-3-5-20(27)21(28)11-17/h2-5,7,11,13,15-16,18,31,34H,6,8-10,12H2,1H3,(H,29,32)(H,30,33)/t13-,15?,16?,18?,25?/m0/s1. The lowest BCUT2D eigenvalue weighted by Crippen LogP contribution is -2.66. The number of aliphatic hydroxyl groups is 2. The fourth-order valence-electron chi connectivity index (χ4n) is 5.20. The molecule has 3 aliphatic rings. The summed E-state index contributed by atoms with van der Waals surface area (Å²) >= 11 is 6.21. The number of carbonyl (C=O) groups excluding carboxylic acids is 2. The Labute approximate surface area is 217 Å². The molecule has 2 amide bonds. The number of halogens is 3. The molecule has 2 aromatic rings. The van der Waals surface area contributed by atoms with E-state index in [0.29, 0.717) is 6.42 Å². The average molecular weight is 557 g/mol. The van der Waals surface area contributed by atoms with Crippen molar-refractivity contribution in [3.8, 4) is 0 Å². The summed E-state index contributed by atoms with van der Waals surface area (Å²) in [5, 5.41) is 24.5. The topological polar surface area (TPSA) is 133 Å². The second-order valence-corrected chi connectivity index (χ2v) is 12.4. The van der Waals surface area contributed by atoms with E-state index in [0.717, 1.165) is 18.2 Å². The van der Waals surface area contributed by atoms with Crippen molar-refractivity contribution >= 4 is 38.9 Å². The minimum absolute atomic E-state index is 0.00421. The molecule has 3 saturated carbocycles. The number of rotatable bonds is 8. The van der Waals surface area contributed by atoms with Crippen LogP contribution in [-0.4, -0.2) is 53.9 Å². The zero-order valence-electron chi connectivity index (χ0n) is 19.9. The first-order valence-electron chi connectivity index (χ1n) is 11.8. The van der Waals surface area contributed by atoms with E-state index in [1.54, 1.807) is 0 Å². The third kappa shape index (κ3) is 5.50. The van der Waals surface area contributed by atoms with Crippen molar-refractivity contribution in [3.05, 3.63) is 58.6 Å². The maximum Gasteiger partial charge on any atom is 0.255 e. The van der Waals surface area contributed by atoms with E-state index in [2.05, 4.69) is 10.6 Å². The van der Waals surface area contributed by atoms with E-state index in [-0.39, 0.29) is 58.8 Å². The van der Waals surface area contributed by atoms with Crippen molar-refractivity contribution < 1.29 is 37.0 Å². The zero-order chi connectivity index (χ0) is 27.1. The molecule has 0 radical (unpaired) electrons. The van der Waals surface area contributed by atoms with Crippen LogP contribution in [0.25, 0.3) is 0 Å². The highest BCUT2D eigenvalue weighted by Gasteiger charge is 2.60. The third-order valence-electron chi connectivity index (χ3n) is 7.24. The van der Waals surface area contributed by atoms with Gasteiger partial charge in [0.05, 0.1) is 33.3 Å². The fourth-order valence-corrected chi connectivity index (χ4v) is 7.60. The monoisotopic (exact) mass is 556 g/mol. The number of fused-ring (bicyclic) bond motifs is 2. The predicted octanol–water partition coefficient (Wildman–Crippen LogP) is 3.06. The average Bonchev–Trinajstić information content (AvgIpc) is 2.84. The first-order valence-corrected chi connectivity index (χ1v) is 13.7. The molecule has 2 bridgehead atoms. The summed E-state index contributed by atoms with van der Waals surface area (Å²) in [6.45, 7) is 1.45. The highest BCUT2D eigenvalue weighted by molar-refractivity contribution is 7.92. The molecular weight excluding hydrogens is 530 g/mol. The van der Waals surface area contributed by atoms with Crippen molar-refractivity contribution in [2.24, 2.45) is 11.8 Å². The molecule has 200 valence electrons. The van der Waals surface area contributed by atoms with Gasteiger partial charge in [-0.25, -0.2) is 17.2 Å². The van der Waals surface area contributed by atoms with Crippen LogP contribution in [-0.2, 0) is 14.6 Å². The van der Waals surface area contributed by atoms with Crippen molar-refractivity contribution in [1.82, 2.24) is 5.32 Å². The number of benzene rings is 2. The maximum absolute atomic E-state index is 13.5. The molecule has 8 nitrogen and oxygen atoms in total. The van der Waals surface area contributed by atoms with E-state index in [4.69, 9.17) is 11.6 Å². The van der Waals surface area contributed by atoms with Crippen molar-refractivity contribution in [2.75, 3.05) is 11.9 Å². The van der Waals surface area contributed by atoms with Gasteiger partial charge in [-0.2, -0.15) is 0 Å². The Hall–Kier alpha value is -2.60. The van der Waals surface area contributed by atoms with Crippen LogP contribution in [0, 0.1) is 23.5 Å². The van der Waals surface area contributed by atoms with Crippen LogP contribution in [0.1, 0.15) is 43.0 Å². The van der Waals surface area contributed by atoms with Gasteiger partial charge in [-0.05, 0) is 68.4 Å². The van der Waals surface area contributed by atoms with Gasteiger partial charge in [-0.1, -0.05) is 11.6 Å². The van der Waals surface area contributed by atoms with Crippen molar-refractivity contribution in [3.63, 3.8) is 0 Å². The molecule has 2 unspecified atom stereocenters. The van der Waals surface area contributed by atoms with Gasteiger partial charge in [-0.15, -0.1) is 0 Å². The molecular formula is C25H27ClF2N2O6S. The van der Waals surface area contributed by atoms with Crippen LogP contribution < -0.4 is 10.6 Å². The predicted molar refractivity (Wildman–Crippen MR) is 132 cm³/mol. The summed E-state index contributed by atoms with van der Waals surface area (Å²) in [7, 11) is -3.99. The molecule has 37 heavy (non-hydrogen) atoms. The Bertz CT molecular complexity index is 1320. The molecule has 3 aliphatic carbocycles. The van der Waals surface area contributed by atoms with Crippen LogP contribution in [0.15, 0.2) is 41.3 Å². The number of carbonyl (C=O) groups is 2. The smallest absolute Gasteiger partial charge is 0.255 e. The summed E-state index contributed by atoms with van der Waals surface area (Å²) in [4.78, 5) is 24.3. The molecule has 12 heteroatoms. The van der Waals surface area contributed by atoms with E-state index in [1.165, 1.54) is 25.1 Å². The second-order valence-electron chi connectivity index (χ2n) is 9.82. The van der Waals surface area contributed by atoms with E-state index >= 15 is 0 Å². The SMILES string of the molecule is C[C@H](O)CC(=O)NCC1(O)C2CC1CC(S(=O)(=O)c1cc(C(=O)Nc3ccc(F)c(F)c3)ccc1Cl)C2. The molecule has 0 saturated heterocycles. The Morgan fingerprint density at radius 1 is 1.11 bits per heavy atom. The lowest BCUT2D eigenvalue weighted by Gasteiger charge is -2.58. The van der Waals surface area contributed by atoms with E-state index in [1.807, 2.05) is 0 Å². The van der Waals surface area contributed by atoms with Crippen LogP contribution in [0.5, 0.6) is 0 Å². The van der Waals surface area contributed by atoms with Crippen molar-refractivity contribution in [1.29, 1.82) is 0 Å². The van der Waals surface area contributed by atoms with Gasteiger partial charge < -0.3 is 20.8 Å². The van der Waals surface area contributed by atoms with Crippen LogP contribution in [0.3, 0.4) is 0 Å². The van der Waals surface area contributed by atoms with E-state index in [9.17, 15) is 37.0 Å². The number of nitrogens with one attached hydrogen (secondary N) is 2. The van der Waals surface area contributed by atoms with Gasteiger partial charge in [0.15, 0.2) is 21.5 Å².